The average molecular weight is 254 g/mol. The second-order valence-corrected chi connectivity index (χ2v) is 5.83. The lowest BCUT2D eigenvalue weighted by atomic mass is 10.1. The summed E-state index contributed by atoms with van der Waals surface area (Å²) in [4.78, 5) is 14.3. The molecule has 0 aliphatic rings. The average Bonchev–Trinajstić information content (AvgIpc) is 2.58. The number of nitrogens with one attached hydrogen (secondary N) is 2. The van der Waals surface area contributed by atoms with Gasteiger partial charge >= 0.3 is 0 Å². The first-order chi connectivity index (χ1) is 8.04. The molecule has 3 nitrogen and oxygen atoms in total. The van der Waals surface area contributed by atoms with Gasteiger partial charge in [0.2, 0.25) is 5.91 Å². The molecule has 0 saturated carbocycles. The zero-order valence-electron chi connectivity index (χ0n) is 11.1. The maximum atomic E-state index is 11.7. The summed E-state index contributed by atoms with van der Waals surface area (Å²) in [6.45, 7) is 7.14. The second-order valence-electron chi connectivity index (χ2n) is 4.36. The van der Waals surface area contributed by atoms with Crippen molar-refractivity contribution in [1.29, 1.82) is 0 Å². The Balaban J connectivity index is 2.46. The number of thiophene rings is 1. The minimum atomic E-state index is 0.113. The molecule has 17 heavy (non-hydrogen) atoms. The molecule has 1 rings (SSSR count). The Labute approximate surface area is 108 Å². The van der Waals surface area contributed by atoms with E-state index in [4.69, 9.17) is 0 Å². The smallest absolute Gasteiger partial charge is 0.220 e. The summed E-state index contributed by atoms with van der Waals surface area (Å²) in [5.74, 6) is 0.135. The Kier molecular flexibility index (Phi) is 5.65. The lowest BCUT2D eigenvalue weighted by Crippen LogP contribution is -2.27. The van der Waals surface area contributed by atoms with Gasteiger partial charge in [0.25, 0.3) is 0 Å². The van der Waals surface area contributed by atoms with Crippen molar-refractivity contribution in [1.82, 2.24) is 10.6 Å². The van der Waals surface area contributed by atoms with Gasteiger partial charge in [0, 0.05) is 16.2 Å². The van der Waals surface area contributed by atoms with Crippen LogP contribution in [0, 0.1) is 13.8 Å². The van der Waals surface area contributed by atoms with E-state index in [1.54, 1.807) is 11.3 Å². The van der Waals surface area contributed by atoms with Crippen LogP contribution in [0.15, 0.2) is 6.07 Å². The standard InChI is InChI=1S/C13H22N2OS/c1-9-8-12(11(3)17-9)10(2)15-13(16)6-5-7-14-4/h8,10,14H,5-7H2,1-4H3,(H,15,16). The summed E-state index contributed by atoms with van der Waals surface area (Å²) < 4.78 is 0. The third kappa shape index (κ3) is 4.48. The van der Waals surface area contributed by atoms with E-state index in [2.05, 4.69) is 30.5 Å². The van der Waals surface area contributed by atoms with Crippen LogP contribution in [0.5, 0.6) is 0 Å². The van der Waals surface area contributed by atoms with Crippen molar-refractivity contribution in [2.24, 2.45) is 0 Å². The lowest BCUT2D eigenvalue weighted by molar-refractivity contribution is -0.121. The molecule has 1 unspecified atom stereocenters. The van der Waals surface area contributed by atoms with Gasteiger partial charge in [-0.05, 0) is 52.4 Å². The summed E-state index contributed by atoms with van der Waals surface area (Å²) >= 11 is 1.78. The summed E-state index contributed by atoms with van der Waals surface area (Å²) in [5.41, 5.74) is 1.24. The quantitative estimate of drug-likeness (QED) is 0.766. The van der Waals surface area contributed by atoms with Crippen LogP contribution in [0.25, 0.3) is 0 Å². The minimum absolute atomic E-state index is 0.113. The van der Waals surface area contributed by atoms with Gasteiger partial charge in [0.1, 0.15) is 0 Å². The number of carbonyl (C=O) groups excluding carboxylic acids is 1. The molecule has 1 heterocycles. The first-order valence-electron chi connectivity index (χ1n) is 6.05. The van der Waals surface area contributed by atoms with Crippen molar-refractivity contribution in [3.63, 3.8) is 0 Å². The predicted molar refractivity (Wildman–Crippen MR) is 73.5 cm³/mol. The van der Waals surface area contributed by atoms with E-state index in [9.17, 15) is 4.79 Å². The van der Waals surface area contributed by atoms with Crippen molar-refractivity contribution in [3.05, 3.63) is 21.4 Å². The van der Waals surface area contributed by atoms with Gasteiger partial charge in [-0.2, -0.15) is 0 Å². The van der Waals surface area contributed by atoms with Crippen LogP contribution in [0.4, 0.5) is 0 Å². The number of carbonyl (C=O) groups is 1. The highest BCUT2D eigenvalue weighted by atomic mass is 32.1. The van der Waals surface area contributed by atoms with Crippen LogP contribution < -0.4 is 10.6 Å². The summed E-state index contributed by atoms with van der Waals surface area (Å²) in [5, 5.41) is 6.09. The molecule has 1 amide bonds. The van der Waals surface area contributed by atoms with Gasteiger partial charge < -0.3 is 10.6 Å². The third-order valence-electron chi connectivity index (χ3n) is 2.75. The molecule has 1 aromatic heterocycles. The van der Waals surface area contributed by atoms with Crippen molar-refractivity contribution in [2.75, 3.05) is 13.6 Å². The molecule has 96 valence electrons. The van der Waals surface area contributed by atoms with Crippen molar-refractivity contribution in [3.8, 4) is 0 Å². The molecule has 0 fully saturated rings. The molecule has 1 atom stereocenters. The maximum Gasteiger partial charge on any atom is 0.220 e. The van der Waals surface area contributed by atoms with E-state index < -0.39 is 0 Å². The molecule has 0 aromatic carbocycles. The minimum Gasteiger partial charge on any atom is -0.350 e. The molecule has 0 saturated heterocycles. The zero-order valence-corrected chi connectivity index (χ0v) is 11.9. The Hall–Kier alpha value is -0.870. The number of amides is 1. The maximum absolute atomic E-state index is 11.7. The van der Waals surface area contributed by atoms with Gasteiger partial charge in [-0.25, -0.2) is 0 Å². The molecule has 0 radical (unpaired) electrons. The Morgan fingerprint density at radius 3 is 2.71 bits per heavy atom. The topological polar surface area (TPSA) is 41.1 Å². The first kappa shape index (κ1) is 14.2. The van der Waals surface area contributed by atoms with Crippen LogP contribution in [0.2, 0.25) is 0 Å². The molecular weight excluding hydrogens is 232 g/mol. The number of hydrogen-bond acceptors (Lipinski definition) is 3. The highest BCUT2D eigenvalue weighted by Gasteiger charge is 2.13. The van der Waals surface area contributed by atoms with Crippen LogP contribution in [0.1, 0.15) is 41.1 Å². The molecule has 0 bridgehead atoms. The number of aryl methyl sites for hydroxylation is 2. The molecule has 2 N–H and O–H groups in total. The van der Waals surface area contributed by atoms with Gasteiger partial charge in [-0.15, -0.1) is 11.3 Å². The van der Waals surface area contributed by atoms with E-state index >= 15 is 0 Å². The summed E-state index contributed by atoms with van der Waals surface area (Å²) in [7, 11) is 1.90. The normalized spacial score (nSPS) is 12.5. The van der Waals surface area contributed by atoms with Crippen molar-refractivity contribution in [2.45, 2.75) is 39.7 Å². The highest BCUT2D eigenvalue weighted by molar-refractivity contribution is 7.12. The van der Waals surface area contributed by atoms with E-state index in [-0.39, 0.29) is 11.9 Å². The fraction of sp³-hybridized carbons (Fsp3) is 0.615. The SMILES string of the molecule is CNCCCC(=O)NC(C)c1cc(C)sc1C. The lowest BCUT2D eigenvalue weighted by Gasteiger charge is -2.13. The predicted octanol–water partition coefficient (Wildman–Crippen LogP) is 2.54. The van der Waals surface area contributed by atoms with E-state index in [0.717, 1.165) is 13.0 Å². The van der Waals surface area contributed by atoms with E-state index in [1.807, 2.05) is 14.0 Å². The Bertz CT molecular complexity index is 373. The molecular formula is C13H22N2OS. The number of hydrogen-bond donors (Lipinski definition) is 2. The molecule has 0 aliphatic carbocycles. The van der Waals surface area contributed by atoms with E-state index in [1.165, 1.54) is 15.3 Å². The highest BCUT2D eigenvalue weighted by Crippen LogP contribution is 2.26. The summed E-state index contributed by atoms with van der Waals surface area (Å²) in [6, 6.07) is 2.28. The molecule has 4 heteroatoms. The van der Waals surface area contributed by atoms with Gasteiger partial charge in [0.15, 0.2) is 0 Å². The second kappa shape index (κ2) is 6.77. The van der Waals surface area contributed by atoms with Crippen LogP contribution in [-0.2, 0) is 4.79 Å². The first-order valence-corrected chi connectivity index (χ1v) is 6.87. The third-order valence-corrected chi connectivity index (χ3v) is 3.74. The Morgan fingerprint density at radius 1 is 1.47 bits per heavy atom. The Morgan fingerprint density at radius 2 is 2.18 bits per heavy atom. The largest absolute Gasteiger partial charge is 0.350 e. The fourth-order valence-corrected chi connectivity index (χ4v) is 2.92. The summed E-state index contributed by atoms with van der Waals surface area (Å²) in [6.07, 6.45) is 1.48. The van der Waals surface area contributed by atoms with Crippen LogP contribution >= 0.6 is 11.3 Å². The monoisotopic (exact) mass is 254 g/mol. The van der Waals surface area contributed by atoms with Crippen LogP contribution in [0.3, 0.4) is 0 Å². The van der Waals surface area contributed by atoms with Gasteiger partial charge in [-0.1, -0.05) is 0 Å². The van der Waals surface area contributed by atoms with Crippen molar-refractivity contribution < 1.29 is 4.79 Å². The zero-order chi connectivity index (χ0) is 12.8. The molecule has 0 spiro atoms. The van der Waals surface area contributed by atoms with Gasteiger partial charge in [0.05, 0.1) is 6.04 Å². The molecule has 0 aliphatic heterocycles. The van der Waals surface area contributed by atoms with Gasteiger partial charge in [-0.3, -0.25) is 4.79 Å². The van der Waals surface area contributed by atoms with Crippen molar-refractivity contribution >= 4 is 17.2 Å². The fourth-order valence-electron chi connectivity index (χ4n) is 1.90. The van der Waals surface area contributed by atoms with E-state index in [0.29, 0.717) is 6.42 Å². The molecule has 1 aromatic rings. The number of rotatable bonds is 6. The van der Waals surface area contributed by atoms with Crippen LogP contribution in [-0.4, -0.2) is 19.5 Å².